The Kier molecular flexibility index (Phi) is 5.65. The summed E-state index contributed by atoms with van der Waals surface area (Å²) in [6.45, 7) is 0. The minimum atomic E-state index is -0.461. The molecule has 5 nitrogen and oxygen atoms in total. The molecule has 2 N–H and O–H groups in total. The third-order valence-corrected chi connectivity index (χ3v) is 5.18. The van der Waals surface area contributed by atoms with Crippen LogP contribution in [0.25, 0.3) is 11.1 Å². The lowest BCUT2D eigenvalue weighted by atomic mass is 10.2. The average Bonchev–Trinajstić information content (AvgIpc) is 3.10. The van der Waals surface area contributed by atoms with E-state index in [1.807, 2.05) is 0 Å². The zero-order valence-corrected chi connectivity index (χ0v) is 16.1. The number of benzene rings is 2. The fraction of sp³-hybridized carbons (Fsp3) is 0. The number of aromatic nitrogens is 2. The molecule has 26 heavy (non-hydrogen) atoms. The van der Waals surface area contributed by atoms with Crippen molar-refractivity contribution in [2.45, 2.75) is 0 Å². The van der Waals surface area contributed by atoms with E-state index in [2.05, 4.69) is 31.4 Å². The van der Waals surface area contributed by atoms with Gasteiger partial charge in [-0.25, -0.2) is 4.39 Å². The molecule has 2 aromatic carbocycles. The number of phenols is 1. The number of anilines is 1. The molecule has 3 rings (SSSR count). The summed E-state index contributed by atoms with van der Waals surface area (Å²) in [6.07, 6.45) is 1.65. The maximum atomic E-state index is 12.9. The smallest absolute Gasteiger partial charge is 0.286 e. The Morgan fingerprint density at radius 3 is 2.58 bits per heavy atom. The molecule has 0 unspecified atom stereocenters. The number of halogens is 3. The highest BCUT2D eigenvalue weighted by Gasteiger charge is 2.15. The normalized spacial score (nSPS) is 11.4. The highest BCUT2D eigenvalue weighted by Crippen LogP contribution is 2.29. The number of hydrogen-bond acceptors (Lipinski definition) is 5. The van der Waals surface area contributed by atoms with Crippen LogP contribution in [0.4, 0.5) is 10.1 Å². The average molecular weight is 455 g/mol. The maximum Gasteiger partial charge on any atom is 0.286 e. The minimum Gasteiger partial charge on any atom is -0.507 e. The molecule has 0 aliphatic rings. The van der Waals surface area contributed by atoms with E-state index >= 15 is 0 Å². The SMILES string of the molecule is O=C(Nc1ccc(F)cc1)c1nnc(/C(Cl)=C/c2ccc(O)c(Br)c2)s1. The highest BCUT2D eigenvalue weighted by atomic mass is 79.9. The van der Waals surface area contributed by atoms with Crippen molar-refractivity contribution in [3.8, 4) is 5.75 Å². The second-order valence-electron chi connectivity index (χ2n) is 5.08. The van der Waals surface area contributed by atoms with Gasteiger partial charge in [-0.2, -0.15) is 0 Å². The Morgan fingerprint density at radius 1 is 1.19 bits per heavy atom. The van der Waals surface area contributed by atoms with Gasteiger partial charge in [-0.1, -0.05) is 29.0 Å². The lowest BCUT2D eigenvalue weighted by molar-refractivity contribution is 0.102. The molecule has 0 aliphatic heterocycles. The van der Waals surface area contributed by atoms with Gasteiger partial charge in [0.2, 0.25) is 5.01 Å². The van der Waals surface area contributed by atoms with Gasteiger partial charge in [-0.3, -0.25) is 4.79 Å². The molecule has 132 valence electrons. The number of hydrogen-bond donors (Lipinski definition) is 2. The fourth-order valence-corrected chi connectivity index (χ4v) is 3.27. The van der Waals surface area contributed by atoms with Crippen LogP contribution in [0.2, 0.25) is 0 Å². The van der Waals surface area contributed by atoms with Gasteiger partial charge in [0.05, 0.1) is 9.51 Å². The summed E-state index contributed by atoms with van der Waals surface area (Å²) in [6, 6.07) is 10.3. The van der Waals surface area contributed by atoms with Gasteiger partial charge in [-0.15, -0.1) is 10.2 Å². The van der Waals surface area contributed by atoms with E-state index in [0.29, 0.717) is 20.2 Å². The Balaban J connectivity index is 1.75. The van der Waals surface area contributed by atoms with Gasteiger partial charge >= 0.3 is 0 Å². The predicted molar refractivity (Wildman–Crippen MR) is 104 cm³/mol. The van der Waals surface area contributed by atoms with Crippen molar-refractivity contribution in [3.63, 3.8) is 0 Å². The van der Waals surface area contributed by atoms with E-state index in [1.165, 1.54) is 30.3 Å². The first-order chi connectivity index (χ1) is 12.4. The Labute approximate surface area is 165 Å². The van der Waals surface area contributed by atoms with E-state index in [9.17, 15) is 14.3 Å². The zero-order chi connectivity index (χ0) is 18.7. The second-order valence-corrected chi connectivity index (χ2v) is 7.32. The van der Waals surface area contributed by atoms with Gasteiger partial charge < -0.3 is 10.4 Å². The lowest BCUT2D eigenvalue weighted by Gasteiger charge is -2.01. The van der Waals surface area contributed by atoms with E-state index in [1.54, 1.807) is 18.2 Å². The van der Waals surface area contributed by atoms with Crippen LogP contribution >= 0.6 is 38.9 Å². The number of rotatable bonds is 4. The van der Waals surface area contributed by atoms with Crippen LogP contribution in [0, 0.1) is 5.82 Å². The van der Waals surface area contributed by atoms with Gasteiger partial charge in [0.15, 0.2) is 5.01 Å². The number of carbonyl (C=O) groups is 1. The molecule has 0 radical (unpaired) electrons. The van der Waals surface area contributed by atoms with Gasteiger partial charge in [0.1, 0.15) is 11.6 Å². The maximum absolute atomic E-state index is 12.9. The standard InChI is InChI=1S/C17H10BrClFN3O2S/c18-12-7-9(1-6-14(12)24)8-13(19)16-22-23-17(26-16)15(25)21-11-4-2-10(20)3-5-11/h1-8,24H,(H,21,25)/b13-8-. The van der Waals surface area contributed by atoms with Crippen molar-refractivity contribution < 1.29 is 14.3 Å². The third-order valence-electron chi connectivity index (χ3n) is 3.19. The van der Waals surface area contributed by atoms with E-state index in [0.717, 1.165) is 16.9 Å². The van der Waals surface area contributed by atoms with Crippen molar-refractivity contribution >= 4 is 61.6 Å². The molecule has 0 spiro atoms. The van der Waals surface area contributed by atoms with Crippen LogP contribution in [-0.4, -0.2) is 21.2 Å². The van der Waals surface area contributed by atoms with E-state index in [-0.39, 0.29) is 16.6 Å². The number of aromatic hydroxyl groups is 1. The molecule has 1 heterocycles. The molecule has 0 bridgehead atoms. The van der Waals surface area contributed by atoms with Crippen LogP contribution in [0.5, 0.6) is 5.75 Å². The van der Waals surface area contributed by atoms with Crippen LogP contribution in [0.15, 0.2) is 46.9 Å². The van der Waals surface area contributed by atoms with E-state index in [4.69, 9.17) is 11.6 Å². The first kappa shape index (κ1) is 18.5. The van der Waals surface area contributed by atoms with Crippen LogP contribution < -0.4 is 5.32 Å². The molecular formula is C17H10BrClFN3O2S. The third kappa shape index (κ3) is 4.46. The summed E-state index contributed by atoms with van der Waals surface area (Å²) in [5.41, 5.74) is 1.19. The number of phenolic OH excluding ortho intramolecular Hbond substituents is 1. The zero-order valence-electron chi connectivity index (χ0n) is 12.9. The molecule has 1 amide bonds. The summed E-state index contributed by atoms with van der Waals surface area (Å²) in [7, 11) is 0. The summed E-state index contributed by atoms with van der Waals surface area (Å²) < 4.78 is 13.4. The predicted octanol–water partition coefficient (Wildman–Crippen LogP) is 5.13. The van der Waals surface area contributed by atoms with Crippen LogP contribution in [0.1, 0.15) is 20.4 Å². The Morgan fingerprint density at radius 2 is 1.88 bits per heavy atom. The van der Waals surface area contributed by atoms with Crippen molar-refractivity contribution in [3.05, 3.63) is 68.3 Å². The first-order valence-electron chi connectivity index (χ1n) is 7.19. The van der Waals surface area contributed by atoms with Crippen molar-refractivity contribution in [2.75, 3.05) is 5.32 Å². The Bertz CT molecular complexity index is 992. The molecule has 0 saturated carbocycles. The van der Waals surface area contributed by atoms with Crippen molar-refractivity contribution in [1.29, 1.82) is 0 Å². The van der Waals surface area contributed by atoms with Gasteiger partial charge in [0.25, 0.3) is 5.91 Å². The number of carbonyl (C=O) groups excluding carboxylic acids is 1. The quantitative estimate of drug-likeness (QED) is 0.573. The molecule has 0 aliphatic carbocycles. The molecule has 0 saturated heterocycles. The van der Waals surface area contributed by atoms with Crippen LogP contribution in [0.3, 0.4) is 0 Å². The minimum absolute atomic E-state index is 0.119. The topological polar surface area (TPSA) is 75.1 Å². The largest absolute Gasteiger partial charge is 0.507 e. The molecular weight excluding hydrogens is 445 g/mol. The molecule has 0 atom stereocenters. The van der Waals surface area contributed by atoms with Crippen molar-refractivity contribution in [1.82, 2.24) is 10.2 Å². The summed E-state index contributed by atoms with van der Waals surface area (Å²) in [5, 5.41) is 20.7. The fourth-order valence-electron chi connectivity index (χ4n) is 1.95. The van der Waals surface area contributed by atoms with Gasteiger partial charge in [-0.05, 0) is 64.0 Å². The lowest BCUT2D eigenvalue weighted by Crippen LogP contribution is -2.11. The van der Waals surface area contributed by atoms with E-state index < -0.39 is 5.91 Å². The summed E-state index contributed by atoms with van der Waals surface area (Å²) >= 11 is 10.5. The molecule has 9 heteroatoms. The number of nitrogens with one attached hydrogen (secondary N) is 1. The summed E-state index contributed by atoms with van der Waals surface area (Å²) in [5.74, 6) is -0.731. The van der Waals surface area contributed by atoms with Gasteiger partial charge in [0, 0.05) is 5.69 Å². The molecule has 1 aromatic heterocycles. The highest BCUT2D eigenvalue weighted by molar-refractivity contribution is 9.10. The Hall–Kier alpha value is -2.29. The molecule has 3 aromatic rings. The molecule has 0 fully saturated rings. The monoisotopic (exact) mass is 453 g/mol. The number of amides is 1. The summed E-state index contributed by atoms with van der Waals surface area (Å²) in [4.78, 5) is 12.2. The number of nitrogens with zero attached hydrogens (tertiary/aromatic N) is 2. The van der Waals surface area contributed by atoms with Crippen molar-refractivity contribution in [2.24, 2.45) is 0 Å². The van der Waals surface area contributed by atoms with Crippen LogP contribution in [-0.2, 0) is 0 Å². The second kappa shape index (κ2) is 7.94. The first-order valence-corrected chi connectivity index (χ1v) is 9.17.